The molecule has 0 aliphatic heterocycles. The number of nitrogens with one attached hydrogen (secondary N) is 2. The van der Waals surface area contributed by atoms with Crippen LogP contribution in [0.25, 0.3) is 11.4 Å². The average Bonchev–Trinajstić information content (AvgIpc) is 3.30. The number of H-pyrrole nitrogens is 1. The fourth-order valence-corrected chi connectivity index (χ4v) is 2.69. The van der Waals surface area contributed by atoms with E-state index < -0.39 is 28.5 Å². The number of aromatic nitrogens is 6. The van der Waals surface area contributed by atoms with E-state index in [4.69, 9.17) is 9.26 Å². The molecule has 12 nitrogen and oxygen atoms in total. The maximum atomic E-state index is 12.2. The highest BCUT2D eigenvalue weighted by atomic mass is 16.6. The molecule has 12 heteroatoms. The van der Waals surface area contributed by atoms with Gasteiger partial charge in [-0.2, -0.15) is 10.1 Å². The lowest BCUT2D eigenvalue weighted by atomic mass is 10.1. The molecule has 0 aliphatic carbocycles. The summed E-state index contributed by atoms with van der Waals surface area (Å²) in [5.41, 5.74) is -2.54. The number of amides is 1. The van der Waals surface area contributed by atoms with Gasteiger partial charge in [-0.05, 0) is 41.5 Å². The van der Waals surface area contributed by atoms with Crippen LogP contribution in [0, 0.1) is 0 Å². The van der Waals surface area contributed by atoms with E-state index >= 15 is 0 Å². The molecule has 166 valence electrons. The van der Waals surface area contributed by atoms with Gasteiger partial charge in [0.15, 0.2) is 5.82 Å². The van der Waals surface area contributed by atoms with Crippen molar-refractivity contribution >= 4 is 11.9 Å². The summed E-state index contributed by atoms with van der Waals surface area (Å²) in [5, 5.41) is 10.8. The van der Waals surface area contributed by atoms with Crippen molar-refractivity contribution in [3.63, 3.8) is 0 Å². The molecule has 3 aromatic rings. The summed E-state index contributed by atoms with van der Waals surface area (Å²) in [6, 6.07) is 1.60. The maximum absolute atomic E-state index is 12.2. The lowest BCUT2D eigenvalue weighted by Crippen LogP contribution is -2.30. The van der Waals surface area contributed by atoms with Crippen LogP contribution in [-0.4, -0.2) is 41.2 Å². The van der Waals surface area contributed by atoms with Crippen molar-refractivity contribution in [1.82, 2.24) is 29.5 Å². The van der Waals surface area contributed by atoms with Gasteiger partial charge in [0, 0.05) is 25.0 Å². The largest absolute Gasteiger partial charge is 0.444 e. The number of carbonyl (C=O) groups excluding carboxylic acids is 1. The Morgan fingerprint density at radius 1 is 1.26 bits per heavy atom. The predicted octanol–water partition coefficient (Wildman–Crippen LogP) is 1.93. The minimum atomic E-state index is -0.898. The van der Waals surface area contributed by atoms with E-state index in [0.29, 0.717) is 6.54 Å². The van der Waals surface area contributed by atoms with Crippen LogP contribution < -0.4 is 16.6 Å². The normalized spacial score (nSPS) is 12.1. The zero-order valence-corrected chi connectivity index (χ0v) is 18.2. The van der Waals surface area contributed by atoms with Crippen molar-refractivity contribution in [2.24, 2.45) is 0 Å². The first-order chi connectivity index (χ1) is 14.4. The third-order valence-electron chi connectivity index (χ3n) is 4.33. The lowest BCUT2D eigenvalue weighted by molar-refractivity contribution is 0.0635. The van der Waals surface area contributed by atoms with Crippen LogP contribution in [0.2, 0.25) is 0 Å². The molecule has 2 N–H and O–H groups in total. The number of anilines is 1. The Balaban J connectivity index is 1.86. The van der Waals surface area contributed by atoms with Gasteiger partial charge in [0.25, 0.3) is 11.4 Å². The molecule has 0 saturated carbocycles. The van der Waals surface area contributed by atoms with Gasteiger partial charge in [-0.25, -0.2) is 9.59 Å². The molecule has 31 heavy (non-hydrogen) atoms. The summed E-state index contributed by atoms with van der Waals surface area (Å²) in [6.07, 6.45) is 2.40. The van der Waals surface area contributed by atoms with Crippen LogP contribution in [0.3, 0.4) is 0 Å². The predicted molar refractivity (Wildman–Crippen MR) is 111 cm³/mol. The second-order valence-corrected chi connectivity index (χ2v) is 8.34. The summed E-state index contributed by atoms with van der Waals surface area (Å²) in [5.74, 6) is 0.516. The van der Waals surface area contributed by atoms with E-state index in [9.17, 15) is 14.4 Å². The van der Waals surface area contributed by atoms with E-state index in [0.717, 1.165) is 0 Å². The summed E-state index contributed by atoms with van der Waals surface area (Å²) < 4.78 is 13.5. The van der Waals surface area contributed by atoms with Gasteiger partial charge in [0.05, 0.1) is 0 Å². The van der Waals surface area contributed by atoms with E-state index in [2.05, 4.69) is 25.5 Å². The van der Waals surface area contributed by atoms with Crippen LogP contribution in [0.15, 0.2) is 32.6 Å². The van der Waals surface area contributed by atoms with Crippen molar-refractivity contribution in [1.29, 1.82) is 0 Å². The molecular formula is C19H25N7O5. The Labute approximate surface area is 177 Å². The van der Waals surface area contributed by atoms with Crippen molar-refractivity contribution in [2.45, 2.75) is 59.2 Å². The van der Waals surface area contributed by atoms with Gasteiger partial charge in [0.1, 0.15) is 16.7 Å². The fourth-order valence-electron chi connectivity index (χ4n) is 2.69. The molecule has 0 fully saturated rings. The first kappa shape index (κ1) is 22.0. The quantitative estimate of drug-likeness (QED) is 0.622. The van der Waals surface area contributed by atoms with Crippen molar-refractivity contribution in [2.75, 3.05) is 5.32 Å². The van der Waals surface area contributed by atoms with Gasteiger partial charge in [-0.15, -0.1) is 0 Å². The van der Waals surface area contributed by atoms with Gasteiger partial charge >= 0.3 is 11.8 Å². The van der Waals surface area contributed by atoms with Gasteiger partial charge < -0.3 is 13.8 Å². The van der Waals surface area contributed by atoms with E-state index in [-0.39, 0.29) is 23.1 Å². The van der Waals surface area contributed by atoms with Crippen LogP contribution >= 0.6 is 0 Å². The van der Waals surface area contributed by atoms with Crippen molar-refractivity contribution in [3.8, 4) is 11.4 Å². The van der Waals surface area contributed by atoms with Crippen LogP contribution in [0.1, 0.15) is 47.4 Å². The molecule has 0 aromatic carbocycles. The zero-order chi connectivity index (χ0) is 23.0. The molecule has 3 aromatic heterocycles. The Hall–Kier alpha value is -3.70. The minimum Gasteiger partial charge on any atom is -0.444 e. The van der Waals surface area contributed by atoms with Gasteiger partial charge in [-0.1, -0.05) is 5.16 Å². The van der Waals surface area contributed by atoms with E-state index in [1.54, 1.807) is 53.8 Å². The highest BCUT2D eigenvalue weighted by molar-refractivity contribution is 5.83. The number of rotatable bonds is 5. The van der Waals surface area contributed by atoms with Crippen LogP contribution in [0.5, 0.6) is 0 Å². The summed E-state index contributed by atoms with van der Waals surface area (Å²) in [4.78, 5) is 42.4. The standard InChI is InChI=1S/C19H25N7O5/c1-7-25-10-11(14(27)22-16(25)28)13-21-15(31-24-13)19(5,6)26-9-8-12(23-26)20-17(29)30-18(2,3)4/h8-10H,7H2,1-6H3,(H,20,23,29)(H,22,27,28). The monoisotopic (exact) mass is 431 g/mol. The third kappa shape index (κ3) is 4.73. The number of ether oxygens (including phenoxy) is 1. The van der Waals surface area contributed by atoms with Crippen LogP contribution in [-0.2, 0) is 16.8 Å². The number of carbonyl (C=O) groups is 1. The van der Waals surface area contributed by atoms with Gasteiger partial charge in [0.2, 0.25) is 5.82 Å². The van der Waals surface area contributed by atoms with E-state index in [1.165, 1.54) is 15.4 Å². The molecule has 0 radical (unpaired) electrons. The molecule has 0 atom stereocenters. The topological polar surface area (TPSA) is 150 Å². The number of hydrogen-bond acceptors (Lipinski definition) is 8. The molecule has 3 heterocycles. The Kier molecular flexibility index (Phi) is 5.57. The Morgan fingerprint density at radius 2 is 1.97 bits per heavy atom. The molecule has 0 saturated heterocycles. The Morgan fingerprint density at radius 3 is 2.61 bits per heavy atom. The van der Waals surface area contributed by atoms with Crippen LogP contribution in [0.4, 0.5) is 10.6 Å². The molecule has 0 aliphatic rings. The highest BCUT2D eigenvalue weighted by Gasteiger charge is 2.32. The molecule has 0 unspecified atom stereocenters. The number of aryl methyl sites for hydroxylation is 1. The number of hydrogen-bond donors (Lipinski definition) is 2. The molecular weight excluding hydrogens is 406 g/mol. The molecule has 0 spiro atoms. The maximum Gasteiger partial charge on any atom is 0.413 e. The summed E-state index contributed by atoms with van der Waals surface area (Å²) in [7, 11) is 0. The average molecular weight is 431 g/mol. The first-order valence-corrected chi connectivity index (χ1v) is 9.65. The number of aromatic amines is 1. The molecule has 3 rings (SSSR count). The fraction of sp³-hybridized carbons (Fsp3) is 0.474. The molecule has 0 bridgehead atoms. The number of nitrogens with zero attached hydrogens (tertiary/aromatic N) is 5. The second kappa shape index (κ2) is 7.85. The third-order valence-corrected chi connectivity index (χ3v) is 4.33. The zero-order valence-electron chi connectivity index (χ0n) is 18.2. The lowest BCUT2D eigenvalue weighted by Gasteiger charge is -2.21. The first-order valence-electron chi connectivity index (χ1n) is 9.65. The minimum absolute atomic E-state index is 0.0470. The Bertz CT molecular complexity index is 1210. The summed E-state index contributed by atoms with van der Waals surface area (Å²) in [6.45, 7) is 11.0. The van der Waals surface area contributed by atoms with Gasteiger partial charge in [-0.3, -0.25) is 19.8 Å². The summed E-state index contributed by atoms with van der Waals surface area (Å²) >= 11 is 0. The smallest absolute Gasteiger partial charge is 0.413 e. The van der Waals surface area contributed by atoms with Crippen molar-refractivity contribution < 1.29 is 14.1 Å². The molecule has 1 amide bonds. The SMILES string of the molecule is CCn1cc(-c2noc(C(C)(C)n3ccc(NC(=O)OC(C)(C)C)n3)n2)c(=O)[nH]c1=O. The second-order valence-electron chi connectivity index (χ2n) is 8.34. The van der Waals surface area contributed by atoms with E-state index in [1.807, 2.05) is 0 Å². The highest BCUT2D eigenvalue weighted by Crippen LogP contribution is 2.26. The van der Waals surface area contributed by atoms with Crippen molar-refractivity contribution in [3.05, 3.63) is 45.2 Å².